The number of methoxy groups -OCH3 is 1. The van der Waals surface area contributed by atoms with E-state index < -0.39 is 0 Å². The maximum absolute atomic E-state index is 12.2. The summed E-state index contributed by atoms with van der Waals surface area (Å²) >= 11 is 0. The molecule has 4 nitrogen and oxygen atoms in total. The van der Waals surface area contributed by atoms with Gasteiger partial charge >= 0.3 is 0 Å². The summed E-state index contributed by atoms with van der Waals surface area (Å²) in [5, 5.41) is 3.35. The summed E-state index contributed by atoms with van der Waals surface area (Å²) < 4.78 is 5.08. The van der Waals surface area contributed by atoms with Crippen LogP contribution in [-0.2, 0) is 9.53 Å². The summed E-state index contributed by atoms with van der Waals surface area (Å²) in [6.45, 7) is 8.67. The van der Waals surface area contributed by atoms with Crippen molar-refractivity contribution < 1.29 is 9.53 Å². The fourth-order valence-electron chi connectivity index (χ4n) is 2.41. The summed E-state index contributed by atoms with van der Waals surface area (Å²) in [6.07, 6.45) is 2.92. The van der Waals surface area contributed by atoms with Crippen LogP contribution in [0.4, 0.5) is 0 Å². The average Bonchev–Trinajstić information content (AvgIpc) is 2.84. The van der Waals surface area contributed by atoms with Crippen molar-refractivity contribution in [3.63, 3.8) is 0 Å². The number of carbonyl (C=O) groups excluding carboxylic acids is 1. The van der Waals surface area contributed by atoms with E-state index in [1.165, 1.54) is 6.42 Å². The van der Waals surface area contributed by atoms with E-state index >= 15 is 0 Å². The zero-order valence-electron chi connectivity index (χ0n) is 12.1. The maximum Gasteiger partial charge on any atom is 0.222 e. The monoisotopic (exact) mass is 256 g/mol. The van der Waals surface area contributed by atoms with E-state index in [0.717, 1.165) is 32.6 Å². The van der Waals surface area contributed by atoms with Gasteiger partial charge in [-0.25, -0.2) is 0 Å². The van der Waals surface area contributed by atoms with Crippen molar-refractivity contribution in [2.24, 2.45) is 11.8 Å². The lowest BCUT2D eigenvalue weighted by atomic mass is 10.0. The number of hydrogen-bond donors (Lipinski definition) is 1. The van der Waals surface area contributed by atoms with E-state index in [9.17, 15) is 4.79 Å². The largest absolute Gasteiger partial charge is 0.383 e. The molecule has 1 saturated heterocycles. The number of hydrogen-bond acceptors (Lipinski definition) is 3. The Morgan fingerprint density at radius 2 is 2.28 bits per heavy atom. The fourth-order valence-corrected chi connectivity index (χ4v) is 2.41. The van der Waals surface area contributed by atoms with Gasteiger partial charge in [0.1, 0.15) is 0 Å². The van der Waals surface area contributed by atoms with E-state index in [1.807, 2.05) is 4.90 Å². The van der Waals surface area contributed by atoms with E-state index in [-0.39, 0.29) is 5.91 Å². The Labute approximate surface area is 111 Å². The van der Waals surface area contributed by atoms with Gasteiger partial charge in [0.15, 0.2) is 0 Å². The van der Waals surface area contributed by atoms with Gasteiger partial charge in [0, 0.05) is 26.6 Å². The highest BCUT2D eigenvalue weighted by Gasteiger charge is 2.19. The predicted octanol–water partition coefficient (Wildman–Crippen LogP) is 1.51. The van der Waals surface area contributed by atoms with Crippen LogP contribution in [0.3, 0.4) is 0 Å². The normalized spacial score (nSPS) is 19.4. The van der Waals surface area contributed by atoms with E-state index in [1.54, 1.807) is 7.11 Å². The van der Waals surface area contributed by atoms with Crippen molar-refractivity contribution in [2.45, 2.75) is 33.1 Å². The van der Waals surface area contributed by atoms with Crippen LogP contribution < -0.4 is 5.32 Å². The fraction of sp³-hybridized carbons (Fsp3) is 0.929. The Hall–Kier alpha value is -0.610. The molecule has 106 valence electrons. The van der Waals surface area contributed by atoms with Gasteiger partial charge < -0.3 is 15.0 Å². The number of nitrogens with zero attached hydrogens (tertiary/aromatic N) is 1. The molecule has 0 aromatic heterocycles. The Kier molecular flexibility index (Phi) is 7.28. The lowest BCUT2D eigenvalue weighted by Gasteiger charge is -2.24. The van der Waals surface area contributed by atoms with Crippen LogP contribution >= 0.6 is 0 Å². The molecule has 1 heterocycles. The number of amides is 1. The Bertz CT molecular complexity index is 238. The minimum Gasteiger partial charge on any atom is -0.383 e. The van der Waals surface area contributed by atoms with Crippen LogP contribution in [0.1, 0.15) is 33.1 Å². The van der Waals surface area contributed by atoms with Crippen LogP contribution in [0.15, 0.2) is 0 Å². The van der Waals surface area contributed by atoms with Crippen molar-refractivity contribution >= 4 is 5.91 Å². The number of ether oxygens (including phenoxy) is 1. The summed E-state index contributed by atoms with van der Waals surface area (Å²) in [5.74, 6) is 1.49. The molecule has 0 saturated carbocycles. The molecular formula is C14H28N2O2. The first kappa shape index (κ1) is 15.4. The zero-order valence-corrected chi connectivity index (χ0v) is 12.1. The molecule has 1 unspecified atom stereocenters. The van der Waals surface area contributed by atoms with Gasteiger partial charge in [0.2, 0.25) is 5.91 Å². The van der Waals surface area contributed by atoms with Crippen LogP contribution in [0.2, 0.25) is 0 Å². The molecule has 0 aliphatic carbocycles. The van der Waals surface area contributed by atoms with Crippen molar-refractivity contribution in [1.82, 2.24) is 10.2 Å². The first-order valence-corrected chi connectivity index (χ1v) is 7.11. The molecule has 0 aromatic carbocycles. The van der Waals surface area contributed by atoms with Gasteiger partial charge in [-0.3, -0.25) is 4.79 Å². The minimum absolute atomic E-state index is 0.285. The average molecular weight is 256 g/mol. The van der Waals surface area contributed by atoms with E-state index in [2.05, 4.69) is 19.2 Å². The molecule has 1 fully saturated rings. The van der Waals surface area contributed by atoms with Gasteiger partial charge in [-0.2, -0.15) is 0 Å². The lowest BCUT2D eigenvalue weighted by Crippen LogP contribution is -2.36. The Morgan fingerprint density at radius 3 is 2.83 bits per heavy atom. The number of carbonyl (C=O) groups is 1. The van der Waals surface area contributed by atoms with Crippen LogP contribution in [-0.4, -0.2) is 50.7 Å². The second-order valence-corrected chi connectivity index (χ2v) is 5.62. The quantitative estimate of drug-likeness (QED) is 0.716. The minimum atomic E-state index is 0.285. The third kappa shape index (κ3) is 5.83. The molecule has 1 aliphatic heterocycles. The second-order valence-electron chi connectivity index (χ2n) is 5.62. The molecule has 0 aromatic rings. The number of nitrogens with one attached hydrogen (secondary N) is 1. The van der Waals surface area contributed by atoms with Crippen LogP contribution in [0.5, 0.6) is 0 Å². The first-order chi connectivity index (χ1) is 8.63. The summed E-state index contributed by atoms with van der Waals surface area (Å²) in [5.41, 5.74) is 0. The van der Waals surface area contributed by atoms with Crippen molar-refractivity contribution in [2.75, 3.05) is 39.9 Å². The molecule has 1 rings (SSSR count). The standard InChI is InChI=1S/C14H28N2O2/c1-12(2)11-16(8-9-18-3)14(17)5-4-13-6-7-15-10-13/h12-13,15H,4-11H2,1-3H3. The Balaban J connectivity index is 2.31. The van der Waals surface area contributed by atoms with Crippen LogP contribution in [0, 0.1) is 11.8 Å². The second kappa shape index (κ2) is 8.48. The summed E-state index contributed by atoms with van der Waals surface area (Å²) in [7, 11) is 1.68. The third-order valence-corrected chi connectivity index (χ3v) is 3.43. The highest BCUT2D eigenvalue weighted by molar-refractivity contribution is 5.76. The molecule has 1 atom stereocenters. The molecular weight excluding hydrogens is 228 g/mol. The van der Waals surface area contributed by atoms with Gasteiger partial charge in [-0.1, -0.05) is 13.8 Å². The SMILES string of the molecule is COCCN(CC(C)C)C(=O)CCC1CCNC1. The smallest absolute Gasteiger partial charge is 0.222 e. The van der Waals surface area contributed by atoms with Gasteiger partial charge in [0.25, 0.3) is 0 Å². The number of rotatable bonds is 8. The maximum atomic E-state index is 12.2. The molecule has 0 spiro atoms. The molecule has 1 N–H and O–H groups in total. The molecule has 4 heteroatoms. The van der Waals surface area contributed by atoms with Crippen LogP contribution in [0.25, 0.3) is 0 Å². The van der Waals surface area contributed by atoms with E-state index in [0.29, 0.717) is 24.9 Å². The van der Waals surface area contributed by atoms with E-state index in [4.69, 9.17) is 4.74 Å². The van der Waals surface area contributed by atoms with Gasteiger partial charge in [-0.15, -0.1) is 0 Å². The molecule has 0 radical (unpaired) electrons. The lowest BCUT2D eigenvalue weighted by molar-refractivity contribution is -0.132. The van der Waals surface area contributed by atoms with Gasteiger partial charge in [0.05, 0.1) is 6.61 Å². The van der Waals surface area contributed by atoms with Crippen molar-refractivity contribution in [3.8, 4) is 0 Å². The highest BCUT2D eigenvalue weighted by atomic mass is 16.5. The zero-order chi connectivity index (χ0) is 13.4. The van der Waals surface area contributed by atoms with Crippen molar-refractivity contribution in [1.29, 1.82) is 0 Å². The molecule has 1 aliphatic rings. The molecule has 1 amide bonds. The molecule has 18 heavy (non-hydrogen) atoms. The summed E-state index contributed by atoms with van der Waals surface area (Å²) in [6, 6.07) is 0. The van der Waals surface area contributed by atoms with Gasteiger partial charge in [-0.05, 0) is 37.8 Å². The summed E-state index contributed by atoms with van der Waals surface area (Å²) in [4.78, 5) is 14.1. The third-order valence-electron chi connectivity index (χ3n) is 3.43. The van der Waals surface area contributed by atoms with Crippen molar-refractivity contribution in [3.05, 3.63) is 0 Å². The first-order valence-electron chi connectivity index (χ1n) is 7.11. The topological polar surface area (TPSA) is 41.6 Å². The predicted molar refractivity (Wildman–Crippen MR) is 73.5 cm³/mol. The Morgan fingerprint density at radius 1 is 1.50 bits per heavy atom. The highest BCUT2D eigenvalue weighted by Crippen LogP contribution is 2.15. The molecule has 0 bridgehead atoms.